The minimum absolute atomic E-state index is 0.0693. The number of hydrogen-bond acceptors (Lipinski definition) is 4. The van der Waals surface area contributed by atoms with E-state index in [2.05, 4.69) is 25.9 Å². The summed E-state index contributed by atoms with van der Waals surface area (Å²) >= 11 is 0. The summed E-state index contributed by atoms with van der Waals surface area (Å²) < 4.78 is 0. The molecule has 0 unspecified atom stereocenters. The maximum atomic E-state index is 11.2. The first-order valence-electron chi connectivity index (χ1n) is 4.99. The zero-order chi connectivity index (χ0) is 11.0. The second kappa shape index (κ2) is 3.41. The summed E-state index contributed by atoms with van der Waals surface area (Å²) in [5.74, 6) is 0.638. The first-order valence-corrected chi connectivity index (χ1v) is 4.99. The van der Waals surface area contributed by atoms with Crippen LogP contribution in [-0.2, 0) is 11.2 Å². The van der Waals surface area contributed by atoms with Crippen molar-refractivity contribution in [3.8, 4) is 11.4 Å². The number of nitrogens with zero attached hydrogens (tertiary/aromatic N) is 3. The van der Waals surface area contributed by atoms with Gasteiger partial charge in [-0.2, -0.15) is 5.21 Å². The fourth-order valence-corrected chi connectivity index (χ4v) is 1.81. The van der Waals surface area contributed by atoms with Crippen molar-refractivity contribution >= 4 is 11.6 Å². The van der Waals surface area contributed by atoms with E-state index in [4.69, 9.17) is 0 Å². The molecule has 1 amide bonds. The van der Waals surface area contributed by atoms with Crippen LogP contribution in [0.2, 0.25) is 0 Å². The number of rotatable bonds is 1. The summed E-state index contributed by atoms with van der Waals surface area (Å²) in [5.41, 5.74) is 2.90. The van der Waals surface area contributed by atoms with Crippen LogP contribution in [0.1, 0.15) is 12.0 Å². The highest BCUT2D eigenvalue weighted by Gasteiger charge is 2.15. The molecule has 1 aliphatic heterocycles. The van der Waals surface area contributed by atoms with E-state index in [1.807, 2.05) is 18.2 Å². The van der Waals surface area contributed by atoms with Crippen molar-refractivity contribution in [2.45, 2.75) is 12.8 Å². The van der Waals surface area contributed by atoms with Gasteiger partial charge in [0.25, 0.3) is 0 Å². The maximum absolute atomic E-state index is 11.2. The summed E-state index contributed by atoms with van der Waals surface area (Å²) in [6, 6.07) is 5.73. The summed E-state index contributed by atoms with van der Waals surface area (Å²) in [6.45, 7) is 0. The standard InChI is InChI=1S/C10H9N5O/c16-9-4-2-6-5-7(1-3-8(6)11-9)10-12-14-15-13-10/h1,3,5H,2,4H2,(H,11,16)(H,12,13,14,15). The molecule has 0 saturated carbocycles. The van der Waals surface area contributed by atoms with Gasteiger partial charge in [-0.15, -0.1) is 10.2 Å². The van der Waals surface area contributed by atoms with E-state index >= 15 is 0 Å². The van der Waals surface area contributed by atoms with Crippen LogP contribution < -0.4 is 5.32 Å². The Labute approximate surface area is 91.1 Å². The number of carbonyl (C=O) groups excluding carboxylic acids is 1. The lowest BCUT2D eigenvalue weighted by molar-refractivity contribution is -0.116. The average Bonchev–Trinajstić information content (AvgIpc) is 2.82. The van der Waals surface area contributed by atoms with Crippen molar-refractivity contribution in [3.05, 3.63) is 23.8 Å². The molecule has 0 radical (unpaired) electrons. The van der Waals surface area contributed by atoms with E-state index in [1.54, 1.807) is 0 Å². The van der Waals surface area contributed by atoms with Crippen LogP contribution in [0.25, 0.3) is 11.4 Å². The highest BCUT2D eigenvalue weighted by molar-refractivity contribution is 5.94. The quantitative estimate of drug-likeness (QED) is 0.735. The molecule has 0 saturated heterocycles. The predicted molar refractivity (Wildman–Crippen MR) is 56.6 cm³/mol. The summed E-state index contributed by atoms with van der Waals surface area (Å²) in [7, 11) is 0. The van der Waals surface area contributed by atoms with Crippen LogP contribution in [-0.4, -0.2) is 26.5 Å². The van der Waals surface area contributed by atoms with Gasteiger partial charge < -0.3 is 5.32 Å². The number of aromatic amines is 1. The molecular formula is C10H9N5O. The second-order valence-electron chi connectivity index (χ2n) is 3.66. The Bertz CT molecular complexity index is 534. The number of nitrogens with one attached hydrogen (secondary N) is 2. The van der Waals surface area contributed by atoms with Crippen LogP contribution in [0.4, 0.5) is 5.69 Å². The monoisotopic (exact) mass is 215 g/mol. The van der Waals surface area contributed by atoms with E-state index in [-0.39, 0.29) is 5.91 Å². The number of aryl methyl sites for hydroxylation is 1. The third-order valence-corrected chi connectivity index (χ3v) is 2.60. The smallest absolute Gasteiger partial charge is 0.224 e. The SMILES string of the molecule is O=C1CCc2cc(-c3nn[nH]n3)ccc2N1. The first kappa shape index (κ1) is 9.02. The Balaban J connectivity index is 2.03. The molecule has 1 aromatic heterocycles. The van der Waals surface area contributed by atoms with E-state index in [9.17, 15) is 4.79 Å². The lowest BCUT2D eigenvalue weighted by atomic mass is 10.0. The van der Waals surface area contributed by atoms with E-state index in [1.165, 1.54) is 0 Å². The molecule has 0 spiro atoms. The lowest BCUT2D eigenvalue weighted by Gasteiger charge is -2.16. The van der Waals surface area contributed by atoms with Crippen LogP contribution in [0.3, 0.4) is 0 Å². The number of benzene rings is 1. The van der Waals surface area contributed by atoms with Gasteiger partial charge in [0.05, 0.1) is 0 Å². The molecular weight excluding hydrogens is 206 g/mol. The Morgan fingerprint density at radius 1 is 1.25 bits per heavy atom. The largest absolute Gasteiger partial charge is 0.326 e. The molecule has 0 atom stereocenters. The minimum atomic E-state index is 0.0693. The molecule has 80 valence electrons. The van der Waals surface area contributed by atoms with Gasteiger partial charge in [-0.05, 0) is 35.4 Å². The molecule has 16 heavy (non-hydrogen) atoms. The van der Waals surface area contributed by atoms with Crippen molar-refractivity contribution < 1.29 is 4.79 Å². The van der Waals surface area contributed by atoms with Gasteiger partial charge in [0.15, 0.2) is 0 Å². The summed E-state index contributed by atoms with van der Waals surface area (Å²) in [4.78, 5) is 11.2. The molecule has 0 bridgehead atoms. The van der Waals surface area contributed by atoms with Gasteiger partial charge in [0.2, 0.25) is 11.7 Å². The van der Waals surface area contributed by atoms with Gasteiger partial charge in [-0.3, -0.25) is 4.79 Å². The number of amides is 1. The number of H-pyrrole nitrogens is 1. The first-order chi connectivity index (χ1) is 7.83. The lowest BCUT2D eigenvalue weighted by Crippen LogP contribution is -2.18. The predicted octanol–water partition coefficient (Wildman–Crippen LogP) is 0.751. The number of tetrazole rings is 1. The normalized spacial score (nSPS) is 14.4. The third-order valence-electron chi connectivity index (χ3n) is 2.60. The minimum Gasteiger partial charge on any atom is -0.326 e. The molecule has 6 nitrogen and oxygen atoms in total. The molecule has 1 aromatic carbocycles. The van der Waals surface area contributed by atoms with Crippen molar-refractivity contribution in [1.82, 2.24) is 20.6 Å². The molecule has 2 aromatic rings. The number of carbonyl (C=O) groups is 1. The highest BCUT2D eigenvalue weighted by Crippen LogP contribution is 2.26. The second-order valence-corrected chi connectivity index (χ2v) is 3.66. The summed E-state index contributed by atoms with van der Waals surface area (Å²) in [6.07, 6.45) is 1.29. The van der Waals surface area contributed by atoms with Crippen LogP contribution >= 0.6 is 0 Å². The number of fused-ring (bicyclic) bond motifs is 1. The summed E-state index contributed by atoms with van der Waals surface area (Å²) in [5, 5.41) is 16.6. The molecule has 1 aliphatic rings. The maximum Gasteiger partial charge on any atom is 0.224 e. The zero-order valence-electron chi connectivity index (χ0n) is 8.40. The zero-order valence-corrected chi connectivity index (χ0v) is 8.40. The number of anilines is 1. The van der Waals surface area contributed by atoms with Crippen molar-refractivity contribution in [2.24, 2.45) is 0 Å². The number of hydrogen-bond donors (Lipinski definition) is 2. The Kier molecular flexibility index (Phi) is 1.92. The molecule has 3 rings (SSSR count). The Morgan fingerprint density at radius 3 is 3.00 bits per heavy atom. The van der Waals surface area contributed by atoms with E-state index < -0.39 is 0 Å². The van der Waals surface area contributed by atoms with Crippen molar-refractivity contribution in [2.75, 3.05) is 5.32 Å². The Hall–Kier alpha value is -2.24. The topological polar surface area (TPSA) is 83.6 Å². The van der Waals surface area contributed by atoms with Gasteiger partial charge in [0, 0.05) is 17.7 Å². The van der Waals surface area contributed by atoms with Crippen LogP contribution in [0.15, 0.2) is 18.2 Å². The van der Waals surface area contributed by atoms with Crippen LogP contribution in [0, 0.1) is 0 Å². The van der Waals surface area contributed by atoms with Crippen LogP contribution in [0.5, 0.6) is 0 Å². The molecule has 0 aliphatic carbocycles. The molecule has 2 N–H and O–H groups in total. The third kappa shape index (κ3) is 1.44. The molecule has 2 heterocycles. The van der Waals surface area contributed by atoms with Crippen molar-refractivity contribution in [1.29, 1.82) is 0 Å². The molecule has 6 heteroatoms. The number of aromatic nitrogens is 4. The van der Waals surface area contributed by atoms with Gasteiger partial charge in [-0.1, -0.05) is 0 Å². The fourth-order valence-electron chi connectivity index (χ4n) is 1.81. The van der Waals surface area contributed by atoms with E-state index in [0.29, 0.717) is 12.2 Å². The van der Waals surface area contributed by atoms with Gasteiger partial charge in [-0.25, -0.2) is 0 Å². The van der Waals surface area contributed by atoms with Gasteiger partial charge in [0.1, 0.15) is 0 Å². The highest BCUT2D eigenvalue weighted by atomic mass is 16.1. The van der Waals surface area contributed by atoms with E-state index in [0.717, 1.165) is 23.2 Å². The molecule has 0 fully saturated rings. The fraction of sp³-hybridized carbons (Fsp3) is 0.200. The van der Waals surface area contributed by atoms with Crippen molar-refractivity contribution in [3.63, 3.8) is 0 Å². The van der Waals surface area contributed by atoms with Gasteiger partial charge >= 0.3 is 0 Å². The average molecular weight is 215 g/mol. The Morgan fingerprint density at radius 2 is 2.19 bits per heavy atom.